The molecular weight excluding hydrogens is 226 g/mol. The number of hydrogen-bond acceptors (Lipinski definition) is 4. The molecule has 0 fully saturated rings. The van der Waals surface area contributed by atoms with Crippen LogP contribution in [0.4, 0.5) is 5.69 Å². The highest BCUT2D eigenvalue weighted by Crippen LogP contribution is 2.19. The number of nitrogens with zero attached hydrogens (tertiary/aromatic N) is 3. The van der Waals surface area contributed by atoms with E-state index in [0.29, 0.717) is 17.8 Å². The van der Waals surface area contributed by atoms with E-state index in [2.05, 4.69) is 52.8 Å². The van der Waals surface area contributed by atoms with Crippen molar-refractivity contribution in [1.82, 2.24) is 20.6 Å². The van der Waals surface area contributed by atoms with Crippen molar-refractivity contribution >= 4 is 5.69 Å². The molecular formula is C13H19N5. The molecule has 2 rings (SSSR count). The first-order valence-corrected chi connectivity index (χ1v) is 6.25. The number of benzene rings is 1. The van der Waals surface area contributed by atoms with Crippen molar-refractivity contribution in [3.63, 3.8) is 0 Å². The van der Waals surface area contributed by atoms with Crippen LogP contribution in [0, 0.1) is 5.92 Å². The van der Waals surface area contributed by atoms with Crippen molar-refractivity contribution < 1.29 is 0 Å². The molecule has 2 aromatic rings. The second kappa shape index (κ2) is 5.62. The van der Waals surface area contributed by atoms with Gasteiger partial charge in [-0.25, -0.2) is 0 Å². The van der Waals surface area contributed by atoms with Crippen molar-refractivity contribution in [2.75, 3.05) is 5.32 Å². The third-order valence-corrected chi connectivity index (χ3v) is 2.70. The van der Waals surface area contributed by atoms with Gasteiger partial charge in [0.15, 0.2) is 0 Å². The van der Waals surface area contributed by atoms with Crippen molar-refractivity contribution in [2.45, 2.75) is 33.2 Å². The lowest BCUT2D eigenvalue weighted by Crippen LogP contribution is -2.17. The molecule has 0 aliphatic rings. The molecule has 1 unspecified atom stereocenters. The SMILES string of the molecule is CC(C)CC(C)Nc1cccc(-c2nn[nH]n2)c1. The molecule has 0 aliphatic heterocycles. The lowest BCUT2D eigenvalue weighted by Gasteiger charge is -2.17. The maximum absolute atomic E-state index is 3.98. The Morgan fingerprint density at radius 3 is 2.78 bits per heavy atom. The second-order valence-corrected chi connectivity index (χ2v) is 4.99. The van der Waals surface area contributed by atoms with Crippen LogP contribution in [0.1, 0.15) is 27.2 Å². The number of anilines is 1. The summed E-state index contributed by atoms with van der Waals surface area (Å²) in [5.41, 5.74) is 2.05. The summed E-state index contributed by atoms with van der Waals surface area (Å²) in [5.74, 6) is 1.31. The van der Waals surface area contributed by atoms with Gasteiger partial charge in [-0.1, -0.05) is 26.0 Å². The molecule has 0 aliphatic carbocycles. The van der Waals surface area contributed by atoms with Crippen molar-refractivity contribution in [3.8, 4) is 11.4 Å². The Bertz CT molecular complexity index is 478. The topological polar surface area (TPSA) is 66.5 Å². The van der Waals surface area contributed by atoms with E-state index in [-0.39, 0.29) is 0 Å². The number of rotatable bonds is 5. The third kappa shape index (κ3) is 3.29. The quantitative estimate of drug-likeness (QED) is 0.850. The first-order chi connectivity index (χ1) is 8.65. The summed E-state index contributed by atoms with van der Waals surface area (Å²) in [6, 6.07) is 8.52. The Kier molecular flexibility index (Phi) is 3.92. The molecule has 0 saturated carbocycles. The summed E-state index contributed by atoms with van der Waals surface area (Å²) in [7, 11) is 0. The number of aromatic amines is 1. The van der Waals surface area contributed by atoms with Crippen molar-refractivity contribution in [3.05, 3.63) is 24.3 Å². The highest BCUT2D eigenvalue weighted by molar-refractivity contribution is 5.61. The third-order valence-electron chi connectivity index (χ3n) is 2.70. The van der Waals surface area contributed by atoms with Gasteiger partial charge < -0.3 is 5.32 Å². The molecule has 5 nitrogen and oxygen atoms in total. The van der Waals surface area contributed by atoms with E-state index < -0.39 is 0 Å². The first-order valence-electron chi connectivity index (χ1n) is 6.25. The molecule has 0 bridgehead atoms. The van der Waals surface area contributed by atoms with Gasteiger partial charge in [0.25, 0.3) is 0 Å². The summed E-state index contributed by atoms with van der Waals surface area (Å²) >= 11 is 0. The molecule has 2 N–H and O–H groups in total. The molecule has 1 heterocycles. The maximum Gasteiger partial charge on any atom is 0.204 e. The van der Waals surface area contributed by atoms with Crippen LogP contribution in [0.25, 0.3) is 11.4 Å². The molecule has 0 amide bonds. The van der Waals surface area contributed by atoms with E-state index in [0.717, 1.165) is 17.7 Å². The summed E-state index contributed by atoms with van der Waals surface area (Å²) in [6.07, 6.45) is 1.15. The molecule has 96 valence electrons. The smallest absolute Gasteiger partial charge is 0.204 e. The Hall–Kier alpha value is -1.91. The maximum atomic E-state index is 3.98. The van der Waals surface area contributed by atoms with Crippen LogP contribution in [-0.2, 0) is 0 Å². The molecule has 1 aromatic carbocycles. The van der Waals surface area contributed by atoms with Crippen LogP contribution >= 0.6 is 0 Å². The standard InChI is InChI=1S/C13H19N5/c1-9(2)7-10(3)14-12-6-4-5-11(8-12)13-15-17-18-16-13/h4-6,8-10,14H,7H2,1-3H3,(H,15,16,17,18). The Morgan fingerprint density at radius 2 is 2.11 bits per heavy atom. The number of H-pyrrole nitrogens is 1. The van der Waals surface area contributed by atoms with Crippen LogP contribution in [0.2, 0.25) is 0 Å². The minimum Gasteiger partial charge on any atom is -0.383 e. The van der Waals surface area contributed by atoms with E-state index in [9.17, 15) is 0 Å². The normalized spacial score (nSPS) is 12.7. The van der Waals surface area contributed by atoms with Gasteiger partial charge in [0.2, 0.25) is 5.82 Å². The van der Waals surface area contributed by atoms with E-state index >= 15 is 0 Å². The minimum atomic E-state index is 0.450. The molecule has 0 spiro atoms. The Balaban J connectivity index is 2.08. The van der Waals surface area contributed by atoms with Crippen LogP contribution in [-0.4, -0.2) is 26.7 Å². The zero-order valence-electron chi connectivity index (χ0n) is 11.0. The zero-order chi connectivity index (χ0) is 13.0. The fourth-order valence-electron chi connectivity index (χ4n) is 2.08. The summed E-state index contributed by atoms with van der Waals surface area (Å²) < 4.78 is 0. The number of hydrogen-bond donors (Lipinski definition) is 2. The average Bonchev–Trinajstić information content (AvgIpc) is 2.81. The average molecular weight is 245 g/mol. The Labute approximate surface area is 107 Å². The van der Waals surface area contributed by atoms with Gasteiger partial charge in [-0.05, 0) is 36.6 Å². The van der Waals surface area contributed by atoms with Gasteiger partial charge in [0.1, 0.15) is 0 Å². The monoisotopic (exact) mass is 245 g/mol. The lowest BCUT2D eigenvalue weighted by molar-refractivity contribution is 0.540. The fraction of sp³-hybridized carbons (Fsp3) is 0.462. The fourth-order valence-corrected chi connectivity index (χ4v) is 2.08. The van der Waals surface area contributed by atoms with Gasteiger partial charge in [-0.15, -0.1) is 10.2 Å². The number of aromatic nitrogens is 4. The van der Waals surface area contributed by atoms with Crippen molar-refractivity contribution in [2.24, 2.45) is 5.92 Å². The summed E-state index contributed by atoms with van der Waals surface area (Å²) in [6.45, 7) is 6.66. The van der Waals surface area contributed by atoms with Gasteiger partial charge in [-0.2, -0.15) is 5.21 Å². The van der Waals surface area contributed by atoms with Crippen LogP contribution < -0.4 is 5.32 Å². The van der Waals surface area contributed by atoms with Crippen LogP contribution in [0.5, 0.6) is 0 Å². The highest BCUT2D eigenvalue weighted by atomic mass is 15.5. The van der Waals surface area contributed by atoms with Gasteiger partial charge >= 0.3 is 0 Å². The zero-order valence-corrected chi connectivity index (χ0v) is 11.0. The molecule has 18 heavy (non-hydrogen) atoms. The van der Waals surface area contributed by atoms with E-state index in [1.54, 1.807) is 0 Å². The molecule has 1 atom stereocenters. The molecule has 0 radical (unpaired) electrons. The van der Waals surface area contributed by atoms with E-state index in [1.165, 1.54) is 0 Å². The van der Waals surface area contributed by atoms with Crippen LogP contribution in [0.15, 0.2) is 24.3 Å². The summed E-state index contributed by atoms with van der Waals surface area (Å²) in [4.78, 5) is 0. The minimum absolute atomic E-state index is 0.450. The molecule has 1 aromatic heterocycles. The van der Waals surface area contributed by atoms with Crippen molar-refractivity contribution in [1.29, 1.82) is 0 Å². The second-order valence-electron chi connectivity index (χ2n) is 4.99. The predicted molar refractivity (Wildman–Crippen MR) is 72.2 cm³/mol. The summed E-state index contributed by atoms with van der Waals surface area (Å²) in [5, 5.41) is 17.5. The van der Waals surface area contributed by atoms with E-state index in [1.807, 2.05) is 18.2 Å². The predicted octanol–water partition coefficient (Wildman–Crippen LogP) is 2.71. The van der Waals surface area contributed by atoms with Crippen LogP contribution in [0.3, 0.4) is 0 Å². The number of nitrogens with one attached hydrogen (secondary N) is 2. The van der Waals surface area contributed by atoms with Gasteiger partial charge in [0, 0.05) is 17.3 Å². The van der Waals surface area contributed by atoms with Gasteiger partial charge in [-0.3, -0.25) is 0 Å². The molecule has 0 saturated heterocycles. The largest absolute Gasteiger partial charge is 0.383 e. The molecule has 5 heteroatoms. The Morgan fingerprint density at radius 1 is 1.28 bits per heavy atom. The van der Waals surface area contributed by atoms with E-state index in [4.69, 9.17) is 0 Å². The highest BCUT2D eigenvalue weighted by Gasteiger charge is 2.07. The first kappa shape index (κ1) is 12.5. The number of tetrazole rings is 1. The lowest BCUT2D eigenvalue weighted by atomic mass is 10.0. The van der Waals surface area contributed by atoms with Gasteiger partial charge in [0.05, 0.1) is 0 Å².